The number of benzene rings is 1. The van der Waals surface area contributed by atoms with Crippen LogP contribution in [0.25, 0.3) is 5.65 Å². The van der Waals surface area contributed by atoms with Gasteiger partial charge in [-0.25, -0.2) is 9.37 Å². The molecule has 0 saturated carbocycles. The van der Waals surface area contributed by atoms with E-state index in [9.17, 15) is 4.39 Å². The molecule has 0 atom stereocenters. The molecule has 1 fully saturated rings. The van der Waals surface area contributed by atoms with Crippen molar-refractivity contribution in [3.8, 4) is 0 Å². The second-order valence-corrected chi connectivity index (χ2v) is 6.95. The second kappa shape index (κ2) is 7.88. The number of piperazine rings is 1. The molecule has 6 nitrogen and oxygen atoms in total. The number of pyridine rings is 1. The zero-order valence-electron chi connectivity index (χ0n) is 16.3. The summed E-state index contributed by atoms with van der Waals surface area (Å²) in [4.78, 5) is 13.4. The Balaban J connectivity index is 1.37. The summed E-state index contributed by atoms with van der Waals surface area (Å²) < 4.78 is 16.1. The summed E-state index contributed by atoms with van der Waals surface area (Å²) in [7, 11) is 1.79. The van der Waals surface area contributed by atoms with Crippen LogP contribution in [0.15, 0.2) is 53.7 Å². The van der Waals surface area contributed by atoms with Gasteiger partial charge in [0, 0.05) is 45.1 Å². The first kappa shape index (κ1) is 18.3. The molecule has 0 amide bonds. The molecule has 4 rings (SSSR count). The van der Waals surface area contributed by atoms with E-state index in [1.165, 1.54) is 6.07 Å². The number of para-hydroxylation sites is 1. The van der Waals surface area contributed by atoms with Gasteiger partial charge in [0.15, 0.2) is 5.96 Å². The molecule has 1 aromatic carbocycles. The fourth-order valence-corrected chi connectivity index (χ4v) is 3.65. The summed E-state index contributed by atoms with van der Waals surface area (Å²) in [6.07, 6.45) is 2.06. The lowest BCUT2D eigenvalue weighted by atomic mass is 10.2. The Labute approximate surface area is 164 Å². The fraction of sp³-hybridized carbons (Fsp3) is 0.333. The third-order valence-electron chi connectivity index (χ3n) is 5.16. The summed E-state index contributed by atoms with van der Waals surface area (Å²) in [5.74, 6) is 0.683. The highest BCUT2D eigenvalue weighted by Crippen LogP contribution is 2.20. The lowest BCUT2D eigenvalue weighted by molar-refractivity contribution is 0.370. The molecule has 0 spiro atoms. The van der Waals surface area contributed by atoms with Gasteiger partial charge in [-0.15, -0.1) is 0 Å². The van der Waals surface area contributed by atoms with Crippen LogP contribution in [0.4, 0.5) is 10.1 Å². The van der Waals surface area contributed by atoms with E-state index in [1.807, 2.05) is 24.3 Å². The highest BCUT2D eigenvalue weighted by Gasteiger charge is 2.21. The smallest absolute Gasteiger partial charge is 0.194 e. The number of hydrogen-bond acceptors (Lipinski definition) is 3. The Morgan fingerprint density at radius 3 is 2.61 bits per heavy atom. The predicted molar refractivity (Wildman–Crippen MR) is 110 cm³/mol. The minimum atomic E-state index is -0.166. The molecule has 0 unspecified atom stereocenters. The molecule has 1 saturated heterocycles. The van der Waals surface area contributed by atoms with E-state index in [0.29, 0.717) is 12.2 Å². The fourth-order valence-electron chi connectivity index (χ4n) is 3.65. The zero-order chi connectivity index (χ0) is 19.5. The van der Waals surface area contributed by atoms with E-state index in [-0.39, 0.29) is 5.82 Å². The van der Waals surface area contributed by atoms with Crippen LogP contribution in [0.2, 0.25) is 0 Å². The highest BCUT2D eigenvalue weighted by molar-refractivity contribution is 5.80. The number of aliphatic imine (C=N–C) groups is 1. The summed E-state index contributed by atoms with van der Waals surface area (Å²) in [5, 5.41) is 3.41. The first-order valence-corrected chi connectivity index (χ1v) is 9.54. The van der Waals surface area contributed by atoms with E-state index in [1.54, 1.807) is 13.1 Å². The molecule has 1 N–H and O–H groups in total. The summed E-state index contributed by atoms with van der Waals surface area (Å²) in [6.45, 7) is 5.78. The van der Waals surface area contributed by atoms with Crippen LogP contribution in [0.3, 0.4) is 0 Å². The molecule has 7 heteroatoms. The topological polar surface area (TPSA) is 48.2 Å². The highest BCUT2D eigenvalue weighted by atomic mass is 19.1. The summed E-state index contributed by atoms with van der Waals surface area (Å²) in [5.41, 5.74) is 3.75. The van der Waals surface area contributed by atoms with Gasteiger partial charge in [-0.3, -0.25) is 4.99 Å². The van der Waals surface area contributed by atoms with Crippen LogP contribution in [-0.4, -0.2) is 53.5 Å². The van der Waals surface area contributed by atoms with Crippen molar-refractivity contribution >= 4 is 17.3 Å². The predicted octanol–water partition coefficient (Wildman–Crippen LogP) is 2.68. The van der Waals surface area contributed by atoms with Gasteiger partial charge in [0.2, 0.25) is 0 Å². The van der Waals surface area contributed by atoms with Crippen molar-refractivity contribution < 1.29 is 4.39 Å². The summed E-state index contributed by atoms with van der Waals surface area (Å²) in [6, 6.07) is 13.0. The van der Waals surface area contributed by atoms with E-state index in [2.05, 4.69) is 48.7 Å². The van der Waals surface area contributed by atoms with Gasteiger partial charge in [-0.05, 0) is 31.2 Å². The Kier molecular flexibility index (Phi) is 5.14. The second-order valence-electron chi connectivity index (χ2n) is 6.95. The first-order valence-electron chi connectivity index (χ1n) is 9.54. The van der Waals surface area contributed by atoms with Crippen LogP contribution >= 0.6 is 0 Å². The van der Waals surface area contributed by atoms with Gasteiger partial charge in [0.05, 0.1) is 17.9 Å². The molecular weight excluding hydrogens is 355 g/mol. The van der Waals surface area contributed by atoms with Crippen LogP contribution in [0.1, 0.15) is 11.4 Å². The van der Waals surface area contributed by atoms with E-state index >= 15 is 0 Å². The maximum absolute atomic E-state index is 14.0. The number of nitrogens with one attached hydrogen (secondary N) is 1. The van der Waals surface area contributed by atoms with Crippen LogP contribution < -0.4 is 10.2 Å². The average molecular weight is 380 g/mol. The van der Waals surface area contributed by atoms with Crippen LogP contribution in [-0.2, 0) is 6.54 Å². The van der Waals surface area contributed by atoms with Gasteiger partial charge in [-0.1, -0.05) is 18.2 Å². The van der Waals surface area contributed by atoms with Crippen molar-refractivity contribution in [3.05, 3.63) is 65.9 Å². The number of aryl methyl sites for hydroxylation is 1. The normalized spacial score (nSPS) is 15.3. The third-order valence-corrected chi connectivity index (χ3v) is 5.16. The number of anilines is 1. The van der Waals surface area contributed by atoms with Gasteiger partial charge < -0.3 is 19.5 Å². The number of nitrogens with zero attached hydrogens (tertiary/aromatic N) is 5. The molecule has 2 aromatic heterocycles. The van der Waals surface area contributed by atoms with Gasteiger partial charge in [0.25, 0.3) is 0 Å². The molecule has 28 heavy (non-hydrogen) atoms. The molecule has 3 aromatic rings. The Hall–Kier alpha value is -3.09. The van der Waals surface area contributed by atoms with Crippen molar-refractivity contribution in [1.29, 1.82) is 0 Å². The third kappa shape index (κ3) is 3.65. The van der Waals surface area contributed by atoms with Gasteiger partial charge in [0.1, 0.15) is 11.5 Å². The first-order chi connectivity index (χ1) is 13.7. The Bertz CT molecular complexity index is 987. The quantitative estimate of drug-likeness (QED) is 0.561. The van der Waals surface area contributed by atoms with E-state index in [4.69, 9.17) is 0 Å². The minimum absolute atomic E-state index is 0.166. The molecule has 0 aliphatic carbocycles. The average Bonchev–Trinajstić information content (AvgIpc) is 3.14. The van der Waals surface area contributed by atoms with E-state index in [0.717, 1.165) is 49.2 Å². The number of guanidine groups is 1. The number of hydrogen-bond donors (Lipinski definition) is 1. The molecular formula is C21H25FN6. The summed E-state index contributed by atoms with van der Waals surface area (Å²) >= 11 is 0. The van der Waals surface area contributed by atoms with Crippen molar-refractivity contribution in [2.75, 3.05) is 38.1 Å². The standard InChI is InChI=1S/C21H25FN6/c1-16-6-5-9-20-25-17(15-28(16)20)14-24-21(23-2)27-12-10-26(11-13-27)19-8-4-3-7-18(19)22/h3-9,15H,10-14H2,1-2H3,(H,23,24). The lowest BCUT2D eigenvalue weighted by Crippen LogP contribution is -2.52. The molecule has 3 heterocycles. The number of rotatable bonds is 3. The van der Waals surface area contributed by atoms with Crippen molar-refractivity contribution in [2.45, 2.75) is 13.5 Å². The monoisotopic (exact) mass is 380 g/mol. The van der Waals surface area contributed by atoms with Crippen LogP contribution in [0, 0.1) is 12.7 Å². The maximum Gasteiger partial charge on any atom is 0.194 e. The molecule has 1 aliphatic rings. The number of aromatic nitrogens is 2. The number of fused-ring (bicyclic) bond motifs is 1. The maximum atomic E-state index is 14.0. The lowest BCUT2D eigenvalue weighted by Gasteiger charge is -2.37. The SMILES string of the molecule is CN=C(NCc1cn2c(C)cccc2n1)N1CCN(c2ccccc2F)CC1. The number of halogens is 1. The minimum Gasteiger partial charge on any atom is -0.366 e. The van der Waals surface area contributed by atoms with Crippen molar-refractivity contribution in [3.63, 3.8) is 0 Å². The molecule has 0 bridgehead atoms. The van der Waals surface area contributed by atoms with Crippen molar-refractivity contribution in [2.24, 2.45) is 4.99 Å². The Morgan fingerprint density at radius 2 is 1.89 bits per heavy atom. The van der Waals surface area contributed by atoms with E-state index < -0.39 is 0 Å². The number of imidazole rings is 1. The Morgan fingerprint density at radius 1 is 1.11 bits per heavy atom. The van der Waals surface area contributed by atoms with Gasteiger partial charge >= 0.3 is 0 Å². The van der Waals surface area contributed by atoms with Crippen LogP contribution in [0.5, 0.6) is 0 Å². The largest absolute Gasteiger partial charge is 0.366 e. The van der Waals surface area contributed by atoms with Crippen molar-refractivity contribution in [1.82, 2.24) is 19.6 Å². The molecule has 0 radical (unpaired) electrons. The molecule has 1 aliphatic heterocycles. The zero-order valence-corrected chi connectivity index (χ0v) is 16.3. The molecule has 146 valence electrons. The van der Waals surface area contributed by atoms with Gasteiger partial charge in [-0.2, -0.15) is 0 Å².